The van der Waals surface area contributed by atoms with Gasteiger partial charge in [-0.1, -0.05) is 54.6 Å². The number of nitrogens with one attached hydrogen (secondary N) is 3. The number of thioether (sulfide) groups is 1. The van der Waals surface area contributed by atoms with Crippen LogP contribution in [0.2, 0.25) is 0 Å². The lowest BCUT2D eigenvalue weighted by Gasteiger charge is -2.13. The Hall–Kier alpha value is -4.93. The van der Waals surface area contributed by atoms with E-state index < -0.39 is 17.1 Å². The highest BCUT2D eigenvalue weighted by Gasteiger charge is 2.18. The molecule has 210 valence electrons. The smallest absolute Gasteiger partial charge is 0.272 e. The number of anilines is 2. The Balaban J connectivity index is 1.23. The minimum atomic E-state index is -0.526. The van der Waals surface area contributed by atoms with Gasteiger partial charge in [-0.05, 0) is 49.4 Å². The van der Waals surface area contributed by atoms with E-state index in [1.54, 1.807) is 67.6 Å². The van der Waals surface area contributed by atoms with Gasteiger partial charge in [0.05, 0.1) is 17.2 Å². The first kappa shape index (κ1) is 28.6. The summed E-state index contributed by atoms with van der Waals surface area (Å²) in [6, 6.07) is 28.9. The Morgan fingerprint density at radius 1 is 0.905 bits per heavy atom. The van der Waals surface area contributed by atoms with Crippen LogP contribution in [0.1, 0.15) is 23.0 Å². The van der Waals surface area contributed by atoms with Crippen LogP contribution in [0, 0.1) is 0 Å². The quantitative estimate of drug-likeness (QED) is 0.119. The van der Waals surface area contributed by atoms with Gasteiger partial charge in [0.2, 0.25) is 5.91 Å². The van der Waals surface area contributed by atoms with Crippen molar-refractivity contribution >= 4 is 57.7 Å². The molecule has 2 aromatic heterocycles. The van der Waals surface area contributed by atoms with Gasteiger partial charge in [0.25, 0.3) is 11.8 Å². The van der Waals surface area contributed by atoms with Crippen LogP contribution < -0.4 is 16.0 Å². The van der Waals surface area contributed by atoms with Gasteiger partial charge in [-0.25, -0.2) is 4.98 Å². The number of thiazole rings is 1. The third-order valence-electron chi connectivity index (χ3n) is 5.94. The number of rotatable bonds is 10. The predicted octanol–water partition coefficient (Wildman–Crippen LogP) is 6.93. The summed E-state index contributed by atoms with van der Waals surface area (Å²) in [7, 11) is 0. The molecule has 8 nitrogen and oxygen atoms in total. The van der Waals surface area contributed by atoms with Crippen LogP contribution in [0.5, 0.6) is 0 Å². The topological polar surface area (TPSA) is 113 Å². The predicted molar refractivity (Wildman–Crippen MR) is 167 cm³/mol. The molecule has 0 aliphatic carbocycles. The molecule has 10 heteroatoms. The van der Waals surface area contributed by atoms with Gasteiger partial charge in [-0.3, -0.25) is 14.4 Å². The number of hydrogen-bond donors (Lipinski definition) is 3. The van der Waals surface area contributed by atoms with Crippen molar-refractivity contribution in [1.82, 2.24) is 10.3 Å². The van der Waals surface area contributed by atoms with Crippen LogP contribution in [0.4, 0.5) is 10.8 Å². The number of carbonyl (C=O) groups is 3. The maximum atomic E-state index is 13.2. The molecule has 1 atom stereocenters. The monoisotopic (exact) mass is 594 g/mol. The number of aromatic nitrogens is 1. The molecule has 0 spiro atoms. The highest BCUT2D eigenvalue weighted by atomic mass is 32.2. The van der Waals surface area contributed by atoms with Gasteiger partial charge in [0.15, 0.2) is 5.13 Å². The van der Waals surface area contributed by atoms with E-state index >= 15 is 0 Å². The van der Waals surface area contributed by atoms with Crippen LogP contribution in [0.3, 0.4) is 0 Å². The lowest BCUT2D eigenvalue weighted by Crippen LogP contribution is -2.30. The van der Waals surface area contributed by atoms with E-state index in [0.717, 1.165) is 16.2 Å². The number of nitrogens with zero attached hydrogens (tertiary/aromatic N) is 1. The highest BCUT2D eigenvalue weighted by Crippen LogP contribution is 2.29. The van der Waals surface area contributed by atoms with Crippen LogP contribution in [0.15, 0.2) is 124 Å². The Labute approximate surface area is 250 Å². The molecule has 3 aromatic carbocycles. The first-order valence-corrected chi connectivity index (χ1v) is 14.7. The third-order valence-corrected chi connectivity index (χ3v) is 7.79. The maximum Gasteiger partial charge on any atom is 0.272 e. The second-order valence-corrected chi connectivity index (χ2v) is 11.3. The van der Waals surface area contributed by atoms with Crippen LogP contribution in [-0.4, -0.2) is 28.0 Å². The molecule has 0 saturated carbocycles. The van der Waals surface area contributed by atoms with E-state index in [1.165, 1.54) is 35.4 Å². The second-order valence-electron chi connectivity index (χ2n) is 9.03. The Kier molecular flexibility index (Phi) is 9.27. The van der Waals surface area contributed by atoms with Crippen molar-refractivity contribution in [1.29, 1.82) is 0 Å². The number of amides is 3. The van der Waals surface area contributed by atoms with E-state index in [0.29, 0.717) is 22.1 Å². The lowest BCUT2D eigenvalue weighted by molar-refractivity contribution is -0.115. The Bertz CT molecular complexity index is 1700. The number of benzene rings is 3. The Morgan fingerprint density at radius 2 is 1.67 bits per heavy atom. The molecule has 3 amide bonds. The SMILES string of the molecule is CC(Sc1cccc(NC(=O)/C(=C/c2ccco2)NC(=O)c2ccccc2)c1)C(=O)Nc1nc(-c2ccccc2)cs1. The van der Waals surface area contributed by atoms with Gasteiger partial charge in [-0.15, -0.1) is 23.1 Å². The summed E-state index contributed by atoms with van der Waals surface area (Å²) < 4.78 is 5.35. The lowest BCUT2D eigenvalue weighted by atomic mass is 10.2. The van der Waals surface area contributed by atoms with E-state index in [4.69, 9.17) is 4.42 Å². The van der Waals surface area contributed by atoms with Crippen LogP contribution in [-0.2, 0) is 9.59 Å². The number of furan rings is 1. The van der Waals surface area contributed by atoms with Crippen LogP contribution >= 0.6 is 23.1 Å². The molecular formula is C32H26N4O4S2. The number of carbonyl (C=O) groups excluding carboxylic acids is 3. The Morgan fingerprint density at radius 3 is 2.40 bits per heavy atom. The maximum absolute atomic E-state index is 13.2. The minimum Gasteiger partial charge on any atom is -0.465 e. The summed E-state index contributed by atoms with van der Waals surface area (Å²) in [6.07, 6.45) is 2.94. The van der Waals surface area contributed by atoms with Gasteiger partial charge in [0.1, 0.15) is 11.5 Å². The highest BCUT2D eigenvalue weighted by molar-refractivity contribution is 8.00. The van der Waals surface area contributed by atoms with Crippen molar-refractivity contribution < 1.29 is 18.8 Å². The zero-order valence-corrected chi connectivity index (χ0v) is 24.1. The average Bonchev–Trinajstić information content (AvgIpc) is 3.70. The molecule has 0 fully saturated rings. The van der Waals surface area contributed by atoms with Gasteiger partial charge in [-0.2, -0.15) is 0 Å². The summed E-state index contributed by atoms with van der Waals surface area (Å²) in [6.45, 7) is 1.81. The van der Waals surface area contributed by atoms with Crippen molar-refractivity contribution in [3.63, 3.8) is 0 Å². The van der Waals surface area contributed by atoms with Gasteiger partial charge >= 0.3 is 0 Å². The molecule has 5 aromatic rings. The fourth-order valence-corrected chi connectivity index (χ4v) is 5.49. The summed E-state index contributed by atoms with van der Waals surface area (Å²) in [5, 5.41) is 10.4. The zero-order chi connectivity index (χ0) is 29.3. The molecule has 0 aliphatic rings. The summed E-state index contributed by atoms with van der Waals surface area (Å²) in [5.74, 6) is -0.727. The largest absolute Gasteiger partial charge is 0.465 e. The van der Waals surface area contributed by atoms with E-state index in [1.807, 2.05) is 41.8 Å². The molecular weight excluding hydrogens is 569 g/mol. The van der Waals surface area contributed by atoms with E-state index in [9.17, 15) is 14.4 Å². The normalized spacial score (nSPS) is 11.9. The fourth-order valence-electron chi connectivity index (χ4n) is 3.84. The van der Waals surface area contributed by atoms with E-state index in [-0.39, 0.29) is 11.6 Å². The van der Waals surface area contributed by atoms with Crippen molar-refractivity contribution in [3.8, 4) is 11.3 Å². The average molecular weight is 595 g/mol. The zero-order valence-electron chi connectivity index (χ0n) is 22.4. The van der Waals surface area contributed by atoms with Crippen molar-refractivity contribution in [2.75, 3.05) is 10.6 Å². The summed E-state index contributed by atoms with van der Waals surface area (Å²) >= 11 is 2.72. The number of hydrogen-bond acceptors (Lipinski definition) is 7. The molecule has 0 saturated heterocycles. The molecule has 0 aliphatic heterocycles. The minimum absolute atomic E-state index is 0.0166. The molecule has 42 heavy (non-hydrogen) atoms. The van der Waals surface area contributed by atoms with Crippen molar-refractivity contribution in [3.05, 3.63) is 126 Å². The summed E-state index contributed by atoms with van der Waals surface area (Å²) in [5.41, 5.74) is 2.72. The standard InChI is InChI=1S/C32H26N4O4S2/c1-21(29(37)36-32-35-28(20-41-32)22-10-4-2-5-11-22)42-26-16-8-14-24(18-26)33-31(39)27(19-25-15-9-17-40-25)34-30(38)23-12-6-3-7-13-23/h2-21H,1H3,(H,33,39)(H,34,38)(H,35,36,37)/b27-19-. The van der Waals surface area contributed by atoms with Crippen LogP contribution in [0.25, 0.3) is 17.3 Å². The molecule has 0 radical (unpaired) electrons. The molecule has 1 unspecified atom stereocenters. The first-order valence-electron chi connectivity index (χ1n) is 13.0. The molecule has 5 rings (SSSR count). The fraction of sp³-hybridized carbons (Fsp3) is 0.0625. The molecule has 2 heterocycles. The van der Waals surface area contributed by atoms with Crippen molar-refractivity contribution in [2.24, 2.45) is 0 Å². The molecule has 0 bridgehead atoms. The first-order chi connectivity index (χ1) is 20.4. The van der Waals surface area contributed by atoms with Gasteiger partial charge in [0, 0.05) is 33.2 Å². The summed E-state index contributed by atoms with van der Waals surface area (Å²) in [4.78, 5) is 44.2. The molecule has 3 N–H and O–H groups in total. The van der Waals surface area contributed by atoms with Crippen molar-refractivity contribution in [2.45, 2.75) is 17.1 Å². The second kappa shape index (κ2) is 13.6. The van der Waals surface area contributed by atoms with Gasteiger partial charge < -0.3 is 20.4 Å². The third kappa shape index (κ3) is 7.62. The van der Waals surface area contributed by atoms with E-state index in [2.05, 4.69) is 20.9 Å².